The van der Waals surface area contributed by atoms with E-state index >= 15 is 0 Å². The minimum atomic E-state index is -0.704. The minimum absolute atomic E-state index is 0.0757. The summed E-state index contributed by atoms with van der Waals surface area (Å²) in [5, 5.41) is 30.6. The number of unbranched alkanes of at least 4 members (excludes halogenated alkanes) is 8. The van der Waals surface area contributed by atoms with Crippen LogP contribution in [0.5, 0.6) is 11.5 Å². The summed E-state index contributed by atoms with van der Waals surface area (Å²) in [6, 6.07) is 4.42. The molecule has 0 aliphatic heterocycles. The number of aliphatic hydroxyl groups excluding tert-OH is 1. The van der Waals surface area contributed by atoms with E-state index in [2.05, 4.69) is 13.8 Å². The van der Waals surface area contributed by atoms with Gasteiger partial charge in [-0.25, -0.2) is 0 Å². The van der Waals surface area contributed by atoms with Crippen LogP contribution >= 0.6 is 0 Å². The van der Waals surface area contributed by atoms with Gasteiger partial charge in [0.05, 0.1) is 6.10 Å². The first-order valence-corrected chi connectivity index (χ1v) is 10.3. The van der Waals surface area contributed by atoms with Crippen molar-refractivity contribution in [2.45, 2.75) is 97.0 Å². The topological polar surface area (TPSA) is 60.7 Å². The van der Waals surface area contributed by atoms with Gasteiger partial charge in [0.15, 0.2) is 0 Å². The van der Waals surface area contributed by atoms with Crippen LogP contribution in [0.3, 0.4) is 0 Å². The molecule has 1 rings (SSSR count). The lowest BCUT2D eigenvalue weighted by atomic mass is 9.86. The number of aromatic hydroxyl groups is 2. The third-order valence-electron chi connectivity index (χ3n) is 5.13. The van der Waals surface area contributed by atoms with Crippen molar-refractivity contribution >= 4 is 0 Å². The van der Waals surface area contributed by atoms with Crippen LogP contribution in [0.4, 0.5) is 0 Å². The van der Waals surface area contributed by atoms with Gasteiger partial charge >= 0.3 is 0 Å². The fourth-order valence-corrected chi connectivity index (χ4v) is 3.51. The normalized spacial score (nSPS) is 13.7. The van der Waals surface area contributed by atoms with Crippen LogP contribution in [0.1, 0.15) is 103 Å². The molecule has 0 fully saturated rings. The van der Waals surface area contributed by atoms with E-state index in [4.69, 9.17) is 0 Å². The van der Waals surface area contributed by atoms with Crippen molar-refractivity contribution in [3.8, 4) is 11.5 Å². The molecule has 0 bridgehead atoms. The monoisotopic (exact) mass is 350 g/mol. The van der Waals surface area contributed by atoms with Gasteiger partial charge in [0.25, 0.3) is 0 Å². The van der Waals surface area contributed by atoms with Crippen molar-refractivity contribution in [1.29, 1.82) is 0 Å². The van der Waals surface area contributed by atoms with Gasteiger partial charge in [-0.2, -0.15) is 0 Å². The first kappa shape index (κ1) is 21.8. The van der Waals surface area contributed by atoms with Crippen LogP contribution in [0.15, 0.2) is 18.2 Å². The molecule has 0 saturated heterocycles. The molecule has 0 aliphatic carbocycles. The van der Waals surface area contributed by atoms with Crippen molar-refractivity contribution in [2.24, 2.45) is 5.92 Å². The number of phenols is 2. The van der Waals surface area contributed by atoms with Gasteiger partial charge in [-0.05, 0) is 37.0 Å². The Morgan fingerprint density at radius 2 is 1.28 bits per heavy atom. The highest BCUT2D eigenvalue weighted by Crippen LogP contribution is 2.36. The first-order chi connectivity index (χ1) is 12.1. The van der Waals surface area contributed by atoms with Gasteiger partial charge in [0.2, 0.25) is 0 Å². The fraction of sp³-hybridized carbons (Fsp3) is 0.727. The molecule has 0 amide bonds. The molecule has 0 saturated carbocycles. The second-order valence-electron chi connectivity index (χ2n) is 7.35. The van der Waals surface area contributed by atoms with Gasteiger partial charge in [0, 0.05) is 5.56 Å². The van der Waals surface area contributed by atoms with E-state index in [-0.39, 0.29) is 17.4 Å². The van der Waals surface area contributed by atoms with Gasteiger partial charge in [-0.15, -0.1) is 0 Å². The Morgan fingerprint density at radius 3 is 1.88 bits per heavy atom. The fourth-order valence-electron chi connectivity index (χ4n) is 3.51. The largest absolute Gasteiger partial charge is 0.508 e. The van der Waals surface area contributed by atoms with E-state index in [1.807, 2.05) is 0 Å². The molecule has 0 aliphatic rings. The second-order valence-corrected chi connectivity index (χ2v) is 7.35. The van der Waals surface area contributed by atoms with Crippen molar-refractivity contribution in [3.63, 3.8) is 0 Å². The molecule has 1 aromatic rings. The molecule has 3 heteroatoms. The molecule has 144 valence electrons. The smallest absolute Gasteiger partial charge is 0.121 e. The third-order valence-corrected chi connectivity index (χ3v) is 5.13. The standard InChI is InChI=1S/C22H38O3/c1-3-5-7-9-10-12-14-18(13-11-8-6-4-2)22(25)20-17-19(23)15-16-21(20)24/h15-18,22-25H,3-14H2,1-2H3. The zero-order valence-corrected chi connectivity index (χ0v) is 16.2. The van der Waals surface area contributed by atoms with Crippen LogP contribution in [-0.2, 0) is 0 Å². The molecular formula is C22H38O3. The molecule has 0 radical (unpaired) electrons. The lowest BCUT2D eigenvalue weighted by Crippen LogP contribution is -2.13. The maximum absolute atomic E-state index is 10.8. The summed E-state index contributed by atoms with van der Waals surface area (Å²) in [6.07, 6.45) is 13.5. The van der Waals surface area contributed by atoms with Gasteiger partial charge in [0.1, 0.15) is 11.5 Å². The summed E-state index contributed by atoms with van der Waals surface area (Å²) < 4.78 is 0. The van der Waals surface area contributed by atoms with Crippen molar-refractivity contribution in [3.05, 3.63) is 23.8 Å². The SMILES string of the molecule is CCCCCCCCC(CCCCCC)C(O)c1cc(O)ccc1O. The number of aliphatic hydroxyl groups is 1. The van der Waals surface area contributed by atoms with E-state index in [1.54, 1.807) is 0 Å². The maximum Gasteiger partial charge on any atom is 0.121 e. The minimum Gasteiger partial charge on any atom is -0.508 e. The van der Waals surface area contributed by atoms with Crippen LogP contribution in [-0.4, -0.2) is 15.3 Å². The number of hydrogen-bond acceptors (Lipinski definition) is 3. The van der Waals surface area contributed by atoms with Crippen LogP contribution in [0.2, 0.25) is 0 Å². The van der Waals surface area contributed by atoms with Crippen LogP contribution in [0, 0.1) is 5.92 Å². The quantitative estimate of drug-likeness (QED) is 0.266. The predicted octanol–water partition coefficient (Wildman–Crippen LogP) is 6.47. The van der Waals surface area contributed by atoms with Gasteiger partial charge < -0.3 is 15.3 Å². The molecule has 2 atom stereocenters. The molecule has 0 spiro atoms. The summed E-state index contributed by atoms with van der Waals surface area (Å²) in [6.45, 7) is 4.43. The van der Waals surface area contributed by atoms with E-state index in [0.29, 0.717) is 5.56 Å². The van der Waals surface area contributed by atoms with E-state index in [1.165, 1.54) is 69.6 Å². The zero-order valence-electron chi connectivity index (χ0n) is 16.2. The Bertz CT molecular complexity index is 459. The van der Waals surface area contributed by atoms with Crippen LogP contribution in [0.25, 0.3) is 0 Å². The van der Waals surface area contributed by atoms with Crippen molar-refractivity contribution < 1.29 is 15.3 Å². The molecule has 25 heavy (non-hydrogen) atoms. The summed E-state index contributed by atoms with van der Waals surface area (Å²) in [4.78, 5) is 0. The molecule has 0 aromatic heterocycles. The summed E-state index contributed by atoms with van der Waals surface area (Å²) in [7, 11) is 0. The first-order valence-electron chi connectivity index (χ1n) is 10.3. The van der Waals surface area contributed by atoms with Gasteiger partial charge in [-0.3, -0.25) is 0 Å². The van der Waals surface area contributed by atoms with Crippen molar-refractivity contribution in [1.82, 2.24) is 0 Å². The Kier molecular flexibility index (Phi) is 11.4. The van der Waals surface area contributed by atoms with E-state index in [9.17, 15) is 15.3 Å². The Morgan fingerprint density at radius 1 is 0.760 bits per heavy atom. The average Bonchev–Trinajstić information content (AvgIpc) is 2.61. The number of benzene rings is 1. The number of rotatable bonds is 14. The van der Waals surface area contributed by atoms with E-state index < -0.39 is 6.10 Å². The highest BCUT2D eigenvalue weighted by atomic mass is 16.3. The molecule has 3 nitrogen and oxygen atoms in total. The molecular weight excluding hydrogens is 312 g/mol. The highest BCUT2D eigenvalue weighted by Gasteiger charge is 2.23. The zero-order chi connectivity index (χ0) is 18.5. The van der Waals surface area contributed by atoms with Crippen molar-refractivity contribution in [2.75, 3.05) is 0 Å². The number of phenolic OH excluding ortho intramolecular Hbond substituents is 2. The molecule has 3 N–H and O–H groups in total. The summed E-state index contributed by atoms with van der Waals surface area (Å²) >= 11 is 0. The van der Waals surface area contributed by atoms with Gasteiger partial charge in [-0.1, -0.05) is 78.1 Å². The molecule has 2 unspecified atom stereocenters. The predicted molar refractivity (Wildman–Crippen MR) is 105 cm³/mol. The highest BCUT2D eigenvalue weighted by molar-refractivity contribution is 5.40. The maximum atomic E-state index is 10.8. The van der Waals surface area contributed by atoms with Crippen LogP contribution < -0.4 is 0 Å². The van der Waals surface area contributed by atoms with E-state index in [0.717, 1.165) is 25.7 Å². The molecule has 0 heterocycles. The summed E-state index contributed by atoms with van der Waals surface area (Å²) in [5.74, 6) is 0.318. The number of hydrogen-bond donors (Lipinski definition) is 3. The Balaban J connectivity index is 2.60. The third kappa shape index (κ3) is 8.62. The average molecular weight is 351 g/mol. The lowest BCUT2D eigenvalue weighted by molar-refractivity contribution is 0.0912. The Labute approximate surface area is 154 Å². The lowest BCUT2D eigenvalue weighted by Gasteiger charge is -2.24. The molecule has 1 aromatic carbocycles. The second kappa shape index (κ2) is 13.0. The summed E-state index contributed by atoms with van der Waals surface area (Å²) in [5.41, 5.74) is 0.464. The Hall–Kier alpha value is -1.22.